The molecule has 1 fully saturated rings. The van der Waals surface area contributed by atoms with Crippen molar-refractivity contribution in [3.8, 4) is 11.3 Å². The number of piperidine rings is 1. The van der Waals surface area contributed by atoms with Gasteiger partial charge in [-0.3, -0.25) is 4.90 Å². The van der Waals surface area contributed by atoms with Gasteiger partial charge in [0, 0.05) is 24.1 Å². The van der Waals surface area contributed by atoms with E-state index < -0.39 is 0 Å². The van der Waals surface area contributed by atoms with Gasteiger partial charge in [-0.25, -0.2) is 0 Å². The SMILES string of the molecule is Cc1ccc(-c2cc(CN3CCCC(C=O)C3)on2)cc1. The summed E-state index contributed by atoms with van der Waals surface area (Å²) in [5.74, 6) is 1.02. The van der Waals surface area contributed by atoms with E-state index in [-0.39, 0.29) is 5.92 Å². The summed E-state index contributed by atoms with van der Waals surface area (Å²) >= 11 is 0. The fourth-order valence-corrected chi connectivity index (χ4v) is 2.81. The average molecular weight is 284 g/mol. The predicted octanol–water partition coefficient (Wildman–Crippen LogP) is 3.06. The normalized spacial score (nSPS) is 19.6. The van der Waals surface area contributed by atoms with Crippen LogP contribution in [0.2, 0.25) is 0 Å². The van der Waals surface area contributed by atoms with Crippen molar-refractivity contribution in [2.75, 3.05) is 13.1 Å². The number of aryl methyl sites for hydroxylation is 1. The van der Waals surface area contributed by atoms with Crippen molar-refractivity contribution >= 4 is 6.29 Å². The molecule has 1 aromatic heterocycles. The third-order valence-corrected chi connectivity index (χ3v) is 4.02. The zero-order chi connectivity index (χ0) is 14.7. The molecule has 2 heterocycles. The minimum absolute atomic E-state index is 0.165. The standard InChI is InChI=1S/C17H20N2O2/c1-13-4-6-15(7-5-13)17-9-16(21-18-17)11-19-8-2-3-14(10-19)12-20/h4-7,9,12,14H,2-3,8,10-11H2,1H3. The van der Waals surface area contributed by atoms with E-state index in [0.717, 1.165) is 55.8 Å². The number of aromatic nitrogens is 1. The van der Waals surface area contributed by atoms with Gasteiger partial charge in [-0.1, -0.05) is 35.0 Å². The maximum atomic E-state index is 10.9. The Morgan fingerprint density at radius 1 is 1.38 bits per heavy atom. The van der Waals surface area contributed by atoms with Gasteiger partial charge >= 0.3 is 0 Å². The molecule has 0 spiro atoms. The molecule has 0 N–H and O–H groups in total. The van der Waals surface area contributed by atoms with Crippen LogP contribution in [0.4, 0.5) is 0 Å². The highest BCUT2D eigenvalue weighted by molar-refractivity contribution is 5.59. The third-order valence-electron chi connectivity index (χ3n) is 4.02. The summed E-state index contributed by atoms with van der Waals surface area (Å²) in [6.45, 7) is 4.63. The smallest absolute Gasteiger partial charge is 0.151 e. The van der Waals surface area contributed by atoms with Crippen molar-refractivity contribution in [1.29, 1.82) is 0 Å². The van der Waals surface area contributed by atoms with Crippen LogP contribution in [0.3, 0.4) is 0 Å². The number of nitrogens with zero attached hydrogens (tertiary/aromatic N) is 2. The molecule has 0 saturated carbocycles. The van der Waals surface area contributed by atoms with Crippen LogP contribution in [0.25, 0.3) is 11.3 Å². The summed E-state index contributed by atoms with van der Waals surface area (Å²) in [6.07, 6.45) is 3.15. The van der Waals surface area contributed by atoms with E-state index >= 15 is 0 Å². The molecule has 21 heavy (non-hydrogen) atoms. The first-order valence-corrected chi connectivity index (χ1v) is 7.45. The number of likely N-dealkylation sites (tertiary alicyclic amines) is 1. The minimum atomic E-state index is 0.165. The lowest BCUT2D eigenvalue weighted by molar-refractivity contribution is -0.112. The van der Waals surface area contributed by atoms with Crippen LogP contribution in [-0.4, -0.2) is 29.4 Å². The first kappa shape index (κ1) is 14.0. The van der Waals surface area contributed by atoms with Crippen molar-refractivity contribution in [2.24, 2.45) is 5.92 Å². The first-order valence-electron chi connectivity index (χ1n) is 7.45. The Hall–Kier alpha value is -1.94. The van der Waals surface area contributed by atoms with Gasteiger partial charge < -0.3 is 9.32 Å². The van der Waals surface area contributed by atoms with Crippen molar-refractivity contribution in [1.82, 2.24) is 10.1 Å². The van der Waals surface area contributed by atoms with Crippen LogP contribution in [0.1, 0.15) is 24.2 Å². The molecule has 1 aliphatic heterocycles. The van der Waals surface area contributed by atoms with Gasteiger partial charge in [0.15, 0.2) is 5.76 Å². The highest BCUT2D eigenvalue weighted by Gasteiger charge is 2.20. The Bertz CT molecular complexity index is 604. The van der Waals surface area contributed by atoms with Crippen molar-refractivity contribution in [2.45, 2.75) is 26.3 Å². The Kier molecular flexibility index (Phi) is 4.15. The van der Waals surface area contributed by atoms with Crippen LogP contribution < -0.4 is 0 Å². The number of carbonyl (C=O) groups is 1. The van der Waals surface area contributed by atoms with Gasteiger partial charge in [0.25, 0.3) is 0 Å². The Labute approximate surface area is 124 Å². The lowest BCUT2D eigenvalue weighted by Gasteiger charge is -2.28. The molecule has 1 saturated heterocycles. The molecule has 3 rings (SSSR count). The Morgan fingerprint density at radius 3 is 2.95 bits per heavy atom. The largest absolute Gasteiger partial charge is 0.359 e. The zero-order valence-electron chi connectivity index (χ0n) is 12.3. The predicted molar refractivity (Wildman–Crippen MR) is 80.7 cm³/mol. The number of rotatable bonds is 4. The second-order valence-corrected chi connectivity index (χ2v) is 5.82. The number of hydrogen-bond donors (Lipinski definition) is 0. The maximum absolute atomic E-state index is 10.9. The monoisotopic (exact) mass is 284 g/mol. The lowest BCUT2D eigenvalue weighted by Crippen LogP contribution is -2.35. The number of aldehydes is 1. The van der Waals surface area contributed by atoms with E-state index in [1.54, 1.807) is 0 Å². The minimum Gasteiger partial charge on any atom is -0.359 e. The first-order chi connectivity index (χ1) is 10.2. The van der Waals surface area contributed by atoms with Gasteiger partial charge in [0.2, 0.25) is 0 Å². The van der Waals surface area contributed by atoms with Gasteiger partial charge in [-0.15, -0.1) is 0 Å². The van der Waals surface area contributed by atoms with Gasteiger partial charge in [-0.05, 0) is 26.3 Å². The molecule has 4 nitrogen and oxygen atoms in total. The summed E-state index contributed by atoms with van der Waals surface area (Å²) in [7, 11) is 0. The van der Waals surface area contributed by atoms with Gasteiger partial charge in [-0.2, -0.15) is 0 Å². The van der Waals surface area contributed by atoms with Crippen molar-refractivity contribution < 1.29 is 9.32 Å². The molecular formula is C17H20N2O2. The molecular weight excluding hydrogens is 264 g/mol. The molecule has 110 valence electrons. The molecule has 0 radical (unpaired) electrons. The Morgan fingerprint density at radius 2 is 2.19 bits per heavy atom. The zero-order valence-corrected chi connectivity index (χ0v) is 12.3. The van der Waals surface area contributed by atoms with Crippen molar-refractivity contribution in [3.05, 3.63) is 41.7 Å². The maximum Gasteiger partial charge on any atom is 0.151 e. The molecule has 1 unspecified atom stereocenters. The number of hydrogen-bond acceptors (Lipinski definition) is 4. The molecule has 1 aromatic carbocycles. The molecule has 0 bridgehead atoms. The molecule has 1 aliphatic rings. The fraction of sp³-hybridized carbons (Fsp3) is 0.412. The molecule has 1 atom stereocenters. The number of carbonyl (C=O) groups excluding carboxylic acids is 1. The van der Waals surface area contributed by atoms with E-state index in [2.05, 4.69) is 41.2 Å². The van der Waals surface area contributed by atoms with E-state index in [9.17, 15) is 4.79 Å². The molecule has 4 heteroatoms. The molecule has 0 aliphatic carbocycles. The highest BCUT2D eigenvalue weighted by Crippen LogP contribution is 2.22. The van der Waals surface area contributed by atoms with Crippen LogP contribution in [0.15, 0.2) is 34.9 Å². The van der Waals surface area contributed by atoms with Crippen molar-refractivity contribution in [3.63, 3.8) is 0 Å². The molecule has 2 aromatic rings. The van der Waals surface area contributed by atoms with Gasteiger partial charge in [0.05, 0.1) is 6.54 Å². The second-order valence-electron chi connectivity index (χ2n) is 5.82. The van der Waals surface area contributed by atoms with Gasteiger partial charge in [0.1, 0.15) is 12.0 Å². The van der Waals surface area contributed by atoms with E-state index in [4.69, 9.17) is 4.52 Å². The highest BCUT2D eigenvalue weighted by atomic mass is 16.5. The molecule has 0 amide bonds. The van der Waals surface area contributed by atoms with E-state index in [1.165, 1.54) is 5.56 Å². The summed E-state index contributed by atoms with van der Waals surface area (Å²) in [5.41, 5.74) is 3.17. The Balaban J connectivity index is 1.67. The average Bonchev–Trinajstić information content (AvgIpc) is 2.96. The van der Waals surface area contributed by atoms with Crippen LogP contribution >= 0.6 is 0 Å². The fourth-order valence-electron chi connectivity index (χ4n) is 2.81. The summed E-state index contributed by atoms with van der Waals surface area (Å²) in [4.78, 5) is 13.2. The summed E-state index contributed by atoms with van der Waals surface area (Å²) < 4.78 is 5.44. The number of benzene rings is 1. The summed E-state index contributed by atoms with van der Waals surface area (Å²) in [5, 5.41) is 4.15. The lowest BCUT2D eigenvalue weighted by atomic mass is 10.00. The topological polar surface area (TPSA) is 46.3 Å². The second kappa shape index (κ2) is 6.22. The van der Waals surface area contributed by atoms with E-state index in [0.29, 0.717) is 0 Å². The van der Waals surface area contributed by atoms with Crippen LogP contribution in [0.5, 0.6) is 0 Å². The third kappa shape index (κ3) is 3.39. The van der Waals surface area contributed by atoms with Crippen LogP contribution in [-0.2, 0) is 11.3 Å². The quantitative estimate of drug-likeness (QED) is 0.810. The van der Waals surface area contributed by atoms with Crippen LogP contribution in [0, 0.1) is 12.8 Å². The van der Waals surface area contributed by atoms with E-state index in [1.807, 2.05) is 6.07 Å². The summed E-state index contributed by atoms with van der Waals surface area (Å²) in [6, 6.07) is 10.3.